The fourth-order valence-corrected chi connectivity index (χ4v) is 2.75. The molecule has 0 saturated carbocycles. The number of halogens is 5. The van der Waals surface area contributed by atoms with E-state index in [0.29, 0.717) is 6.07 Å². The molecule has 0 unspecified atom stereocenters. The number of rotatable bonds is 4. The third-order valence-corrected chi connectivity index (χ3v) is 4.28. The zero-order valence-corrected chi connectivity index (χ0v) is 13.1. The minimum Gasteiger partial charge on any atom is -0.322 e. The number of carbonyl (C=O) groups excluding carboxylic acids is 1. The molecule has 24 heavy (non-hydrogen) atoms. The Hall–Kier alpha value is -2.13. The third-order valence-electron chi connectivity index (χ3n) is 2.95. The predicted molar refractivity (Wildman–Crippen MR) is 78.7 cm³/mol. The van der Waals surface area contributed by atoms with Crippen LogP contribution in [0.3, 0.4) is 0 Å². The molecule has 0 aliphatic rings. The molecule has 0 aliphatic carbocycles. The molecule has 2 rings (SSSR count). The second kappa shape index (κ2) is 6.78. The summed E-state index contributed by atoms with van der Waals surface area (Å²) in [5.74, 6) is -3.20. The van der Waals surface area contributed by atoms with Gasteiger partial charge in [-0.15, -0.1) is 0 Å². The Bertz CT molecular complexity index is 903. The van der Waals surface area contributed by atoms with E-state index >= 15 is 0 Å². The number of hydrogen-bond acceptors (Lipinski definition) is 3. The van der Waals surface area contributed by atoms with Crippen LogP contribution in [0.4, 0.5) is 23.2 Å². The Labute approximate surface area is 138 Å². The zero-order chi connectivity index (χ0) is 18.1. The maximum Gasteiger partial charge on any atom is 0.266 e. The Morgan fingerprint density at radius 3 is 2.25 bits per heavy atom. The van der Waals surface area contributed by atoms with E-state index in [2.05, 4.69) is 5.32 Å². The molecule has 0 fully saturated rings. The quantitative estimate of drug-likeness (QED) is 0.641. The minimum absolute atomic E-state index is 0.142. The number of alkyl halides is 2. The highest BCUT2D eigenvalue weighted by Crippen LogP contribution is 2.26. The van der Waals surface area contributed by atoms with Gasteiger partial charge in [0.25, 0.3) is 21.4 Å². The largest absolute Gasteiger partial charge is 0.322 e. The predicted octanol–water partition coefficient (Wildman–Crippen LogP) is 4.08. The number of hydrogen-bond donors (Lipinski definition) is 1. The summed E-state index contributed by atoms with van der Waals surface area (Å²) < 4.78 is 74.3. The van der Waals surface area contributed by atoms with Crippen molar-refractivity contribution in [1.29, 1.82) is 0 Å². The average molecular weight is 382 g/mol. The van der Waals surface area contributed by atoms with Gasteiger partial charge in [-0.25, -0.2) is 26.0 Å². The molecule has 1 N–H and O–H groups in total. The van der Waals surface area contributed by atoms with Gasteiger partial charge < -0.3 is 5.32 Å². The molecule has 10 heteroatoms. The van der Waals surface area contributed by atoms with Crippen LogP contribution in [0.2, 0.25) is 0 Å². The first-order valence-corrected chi connectivity index (χ1v) is 8.53. The molecule has 0 bridgehead atoms. The molecular weight excluding hydrogens is 374 g/mol. The molecule has 2 aromatic rings. The highest BCUT2D eigenvalue weighted by molar-refractivity contribution is 8.13. The highest BCUT2D eigenvalue weighted by atomic mass is 35.7. The lowest BCUT2D eigenvalue weighted by Gasteiger charge is -2.09. The van der Waals surface area contributed by atoms with Crippen LogP contribution in [0.15, 0.2) is 41.3 Å². The zero-order valence-electron chi connectivity index (χ0n) is 11.6. The van der Waals surface area contributed by atoms with Crippen LogP contribution in [0.5, 0.6) is 0 Å². The molecule has 0 heterocycles. The number of anilines is 1. The molecule has 2 aromatic carbocycles. The van der Waals surface area contributed by atoms with E-state index in [1.807, 2.05) is 0 Å². The van der Waals surface area contributed by atoms with Gasteiger partial charge in [-0.2, -0.15) is 0 Å². The van der Waals surface area contributed by atoms with E-state index in [9.17, 15) is 30.8 Å². The highest BCUT2D eigenvalue weighted by Gasteiger charge is 2.20. The lowest BCUT2D eigenvalue weighted by molar-refractivity contribution is 0.102. The molecule has 0 spiro atoms. The first-order chi connectivity index (χ1) is 11.1. The Balaban J connectivity index is 2.33. The molecular formula is C14H8ClF4NO3S. The summed E-state index contributed by atoms with van der Waals surface area (Å²) in [5, 5.41) is 2.18. The second-order valence-corrected chi connectivity index (χ2v) is 7.11. The third kappa shape index (κ3) is 4.04. The van der Waals surface area contributed by atoms with Crippen molar-refractivity contribution >= 4 is 31.3 Å². The number of carbonyl (C=O) groups is 1. The fraction of sp³-hybridized carbons (Fsp3) is 0.0714. The van der Waals surface area contributed by atoms with Gasteiger partial charge in [0, 0.05) is 21.9 Å². The smallest absolute Gasteiger partial charge is 0.266 e. The van der Waals surface area contributed by atoms with Gasteiger partial charge in [-0.3, -0.25) is 4.79 Å². The van der Waals surface area contributed by atoms with Crippen LogP contribution in [-0.4, -0.2) is 14.3 Å². The van der Waals surface area contributed by atoms with Crippen molar-refractivity contribution in [3.63, 3.8) is 0 Å². The molecule has 0 aromatic heterocycles. The number of nitrogens with one attached hydrogen (secondary N) is 1. The van der Waals surface area contributed by atoms with E-state index in [4.69, 9.17) is 10.7 Å². The molecule has 0 saturated heterocycles. The SMILES string of the molecule is O=C(Nc1ccc(F)c(C(F)F)c1)c1ccc(F)c(S(=O)(=O)Cl)c1. The van der Waals surface area contributed by atoms with Crippen molar-refractivity contribution in [2.45, 2.75) is 11.3 Å². The van der Waals surface area contributed by atoms with Crippen LogP contribution in [0.25, 0.3) is 0 Å². The molecule has 0 atom stereocenters. The normalized spacial score (nSPS) is 11.6. The lowest BCUT2D eigenvalue weighted by atomic mass is 10.1. The van der Waals surface area contributed by atoms with E-state index in [1.165, 1.54) is 0 Å². The molecule has 0 aliphatic heterocycles. The summed E-state index contributed by atoms with van der Waals surface area (Å²) >= 11 is 0. The summed E-state index contributed by atoms with van der Waals surface area (Å²) in [6.07, 6.45) is -3.08. The summed E-state index contributed by atoms with van der Waals surface area (Å²) in [6.45, 7) is 0. The van der Waals surface area contributed by atoms with E-state index in [-0.39, 0.29) is 11.3 Å². The molecule has 0 radical (unpaired) electrons. The maximum atomic E-state index is 13.4. The monoisotopic (exact) mass is 381 g/mol. The van der Waals surface area contributed by atoms with Gasteiger partial charge in [0.2, 0.25) is 0 Å². The minimum atomic E-state index is -4.42. The fourth-order valence-electron chi connectivity index (χ4n) is 1.82. The van der Waals surface area contributed by atoms with Gasteiger partial charge in [0.1, 0.15) is 16.5 Å². The van der Waals surface area contributed by atoms with Crippen molar-refractivity contribution < 1.29 is 30.8 Å². The van der Waals surface area contributed by atoms with Crippen LogP contribution in [-0.2, 0) is 9.05 Å². The van der Waals surface area contributed by atoms with E-state index in [1.54, 1.807) is 0 Å². The topological polar surface area (TPSA) is 63.2 Å². The Morgan fingerprint density at radius 2 is 1.67 bits per heavy atom. The molecule has 128 valence electrons. The van der Waals surface area contributed by atoms with Crippen molar-refractivity contribution in [2.75, 3.05) is 5.32 Å². The van der Waals surface area contributed by atoms with Crippen LogP contribution in [0.1, 0.15) is 22.3 Å². The lowest BCUT2D eigenvalue weighted by Crippen LogP contribution is -2.13. The first-order valence-electron chi connectivity index (χ1n) is 6.23. The summed E-state index contributed by atoms with van der Waals surface area (Å²) in [4.78, 5) is 11.1. The summed E-state index contributed by atoms with van der Waals surface area (Å²) in [7, 11) is 0.632. The van der Waals surface area contributed by atoms with E-state index < -0.39 is 43.5 Å². The van der Waals surface area contributed by atoms with Crippen LogP contribution < -0.4 is 5.32 Å². The summed E-state index contributed by atoms with van der Waals surface area (Å²) in [5.41, 5.74) is -1.33. The van der Waals surface area contributed by atoms with Crippen LogP contribution >= 0.6 is 10.7 Å². The first kappa shape index (κ1) is 18.2. The van der Waals surface area contributed by atoms with E-state index in [0.717, 1.165) is 30.3 Å². The van der Waals surface area contributed by atoms with Crippen molar-refractivity contribution in [3.8, 4) is 0 Å². The van der Waals surface area contributed by atoms with Gasteiger partial charge in [-0.1, -0.05) is 0 Å². The molecule has 1 amide bonds. The molecule has 4 nitrogen and oxygen atoms in total. The number of benzene rings is 2. The van der Waals surface area contributed by atoms with Gasteiger partial charge in [0.15, 0.2) is 0 Å². The van der Waals surface area contributed by atoms with Gasteiger partial charge in [-0.05, 0) is 36.4 Å². The van der Waals surface area contributed by atoms with Gasteiger partial charge >= 0.3 is 0 Å². The van der Waals surface area contributed by atoms with Crippen molar-refractivity contribution in [2.24, 2.45) is 0 Å². The van der Waals surface area contributed by atoms with Crippen LogP contribution in [0, 0.1) is 11.6 Å². The average Bonchev–Trinajstić information content (AvgIpc) is 2.48. The standard InChI is InChI=1S/C14H8ClF4NO3S/c15-24(22,23)12-5-7(1-3-11(12)17)14(21)20-8-2-4-10(16)9(6-8)13(18)19/h1-6,13H,(H,20,21). The van der Waals surface area contributed by atoms with Crippen molar-refractivity contribution in [3.05, 3.63) is 59.2 Å². The number of amides is 1. The second-order valence-electron chi connectivity index (χ2n) is 4.57. The van der Waals surface area contributed by atoms with Gasteiger partial charge in [0.05, 0.1) is 5.56 Å². The Kier molecular flexibility index (Phi) is 5.14. The van der Waals surface area contributed by atoms with Crippen molar-refractivity contribution in [1.82, 2.24) is 0 Å². The maximum absolute atomic E-state index is 13.4. The Morgan fingerprint density at radius 1 is 1.04 bits per heavy atom. The summed E-state index contributed by atoms with van der Waals surface area (Å²) in [6, 6.07) is 4.93.